The minimum absolute atomic E-state index is 0.118. The summed E-state index contributed by atoms with van der Waals surface area (Å²) in [7, 11) is 0. The number of fused-ring (bicyclic) bond motifs is 1. The fourth-order valence-corrected chi connectivity index (χ4v) is 2.55. The van der Waals surface area contributed by atoms with Crippen molar-refractivity contribution in [2.75, 3.05) is 19.9 Å². The van der Waals surface area contributed by atoms with Crippen LogP contribution in [0, 0.1) is 5.92 Å². The van der Waals surface area contributed by atoms with Gasteiger partial charge in [0.05, 0.1) is 5.92 Å². The monoisotopic (exact) mass is 319 g/mol. The van der Waals surface area contributed by atoms with Crippen LogP contribution in [0.1, 0.15) is 26.3 Å². The van der Waals surface area contributed by atoms with E-state index < -0.39 is 5.60 Å². The van der Waals surface area contributed by atoms with Gasteiger partial charge in [0.1, 0.15) is 11.4 Å². The Morgan fingerprint density at radius 1 is 1.22 bits per heavy atom. The van der Waals surface area contributed by atoms with Gasteiger partial charge in [0, 0.05) is 19.5 Å². The zero-order valence-corrected chi connectivity index (χ0v) is 13.6. The summed E-state index contributed by atoms with van der Waals surface area (Å²) in [5, 5.41) is 0. The first-order valence-corrected chi connectivity index (χ1v) is 7.71. The highest BCUT2D eigenvalue weighted by atomic mass is 16.7. The molecule has 0 N–H and O–H groups in total. The molecule has 1 aromatic rings. The maximum Gasteiger partial charge on any atom is 0.410 e. The van der Waals surface area contributed by atoms with Gasteiger partial charge in [-0.15, -0.1) is 0 Å². The number of ketones is 1. The van der Waals surface area contributed by atoms with E-state index in [0.29, 0.717) is 31.0 Å². The Balaban J connectivity index is 1.50. The second-order valence-electron chi connectivity index (χ2n) is 6.91. The van der Waals surface area contributed by atoms with Gasteiger partial charge in [0.25, 0.3) is 0 Å². The van der Waals surface area contributed by atoms with Crippen molar-refractivity contribution in [3.8, 4) is 11.5 Å². The van der Waals surface area contributed by atoms with E-state index >= 15 is 0 Å². The fourth-order valence-electron chi connectivity index (χ4n) is 2.55. The first-order valence-electron chi connectivity index (χ1n) is 7.71. The second-order valence-corrected chi connectivity index (χ2v) is 6.91. The lowest BCUT2D eigenvalue weighted by Crippen LogP contribution is -2.54. The third-order valence-corrected chi connectivity index (χ3v) is 3.80. The Morgan fingerprint density at radius 2 is 1.91 bits per heavy atom. The molecule has 1 fully saturated rings. The lowest BCUT2D eigenvalue weighted by molar-refractivity contribution is -0.126. The third kappa shape index (κ3) is 3.57. The van der Waals surface area contributed by atoms with E-state index in [9.17, 15) is 9.59 Å². The van der Waals surface area contributed by atoms with Crippen LogP contribution >= 0.6 is 0 Å². The molecule has 2 aliphatic rings. The van der Waals surface area contributed by atoms with E-state index in [1.165, 1.54) is 0 Å². The summed E-state index contributed by atoms with van der Waals surface area (Å²) in [5.74, 6) is 1.40. The van der Waals surface area contributed by atoms with Crippen molar-refractivity contribution in [3.63, 3.8) is 0 Å². The molecule has 0 aliphatic carbocycles. The standard InChI is InChI=1S/C17H21NO5/c1-17(2,3)23-16(20)18-8-12(9-18)13(19)6-11-4-5-14-15(7-11)22-10-21-14/h4-5,7,12H,6,8-10H2,1-3H3. The Morgan fingerprint density at radius 3 is 2.61 bits per heavy atom. The normalized spacial score (nSPS) is 16.9. The summed E-state index contributed by atoms with van der Waals surface area (Å²) in [4.78, 5) is 25.7. The highest BCUT2D eigenvalue weighted by Gasteiger charge is 2.37. The zero-order chi connectivity index (χ0) is 16.6. The number of rotatable bonds is 3. The molecule has 1 amide bonds. The van der Waals surface area contributed by atoms with Gasteiger partial charge in [-0.1, -0.05) is 6.07 Å². The lowest BCUT2D eigenvalue weighted by Gasteiger charge is -2.38. The number of hydrogen-bond donors (Lipinski definition) is 0. The number of carbonyl (C=O) groups excluding carboxylic acids is 2. The highest BCUT2D eigenvalue weighted by Crippen LogP contribution is 2.33. The van der Waals surface area contributed by atoms with Gasteiger partial charge >= 0.3 is 6.09 Å². The molecule has 6 heteroatoms. The van der Waals surface area contributed by atoms with Crippen molar-refractivity contribution < 1.29 is 23.8 Å². The number of carbonyl (C=O) groups is 2. The number of Topliss-reactive ketones (excluding diaryl/α,β-unsaturated/α-hetero) is 1. The van der Waals surface area contributed by atoms with Crippen LogP contribution in [0.3, 0.4) is 0 Å². The average molecular weight is 319 g/mol. The fraction of sp³-hybridized carbons (Fsp3) is 0.529. The summed E-state index contributed by atoms with van der Waals surface area (Å²) in [6.07, 6.45) is -0.0201. The Labute approximate surface area is 135 Å². The molecule has 1 aromatic carbocycles. The summed E-state index contributed by atoms with van der Waals surface area (Å²) in [6.45, 7) is 6.56. The molecular weight excluding hydrogens is 298 g/mol. The van der Waals surface area contributed by atoms with Crippen molar-refractivity contribution in [2.45, 2.75) is 32.8 Å². The minimum Gasteiger partial charge on any atom is -0.454 e. The molecule has 23 heavy (non-hydrogen) atoms. The molecule has 0 bridgehead atoms. The highest BCUT2D eigenvalue weighted by molar-refractivity contribution is 5.86. The molecule has 1 saturated heterocycles. The number of amides is 1. The van der Waals surface area contributed by atoms with Crippen molar-refractivity contribution in [2.24, 2.45) is 5.92 Å². The van der Waals surface area contributed by atoms with Gasteiger partial charge in [0.15, 0.2) is 11.5 Å². The lowest BCUT2D eigenvalue weighted by atomic mass is 9.91. The van der Waals surface area contributed by atoms with E-state index in [-0.39, 0.29) is 24.6 Å². The molecule has 0 unspecified atom stereocenters. The number of ether oxygens (including phenoxy) is 3. The summed E-state index contributed by atoms with van der Waals surface area (Å²) in [6, 6.07) is 5.53. The second kappa shape index (κ2) is 5.76. The number of hydrogen-bond acceptors (Lipinski definition) is 5. The molecule has 0 spiro atoms. The zero-order valence-electron chi connectivity index (χ0n) is 13.6. The van der Waals surface area contributed by atoms with Crippen molar-refractivity contribution in [1.29, 1.82) is 0 Å². The first-order chi connectivity index (χ1) is 10.8. The van der Waals surface area contributed by atoms with Gasteiger partial charge in [-0.05, 0) is 38.5 Å². The van der Waals surface area contributed by atoms with Crippen LogP contribution in [-0.4, -0.2) is 42.3 Å². The van der Waals surface area contributed by atoms with Crippen molar-refractivity contribution >= 4 is 11.9 Å². The average Bonchev–Trinajstić information content (AvgIpc) is 2.81. The van der Waals surface area contributed by atoms with Gasteiger partial charge in [0.2, 0.25) is 6.79 Å². The largest absolute Gasteiger partial charge is 0.454 e. The molecule has 124 valence electrons. The Kier molecular flexibility index (Phi) is 3.92. The van der Waals surface area contributed by atoms with Crippen LogP contribution in [0.15, 0.2) is 18.2 Å². The summed E-state index contributed by atoms with van der Waals surface area (Å²) >= 11 is 0. The van der Waals surface area contributed by atoms with Gasteiger partial charge < -0.3 is 19.1 Å². The van der Waals surface area contributed by atoms with E-state index in [0.717, 1.165) is 5.56 Å². The van der Waals surface area contributed by atoms with Gasteiger partial charge in [-0.25, -0.2) is 4.79 Å². The van der Waals surface area contributed by atoms with Crippen molar-refractivity contribution in [3.05, 3.63) is 23.8 Å². The molecule has 0 radical (unpaired) electrons. The van der Waals surface area contributed by atoms with E-state index in [1.807, 2.05) is 39.0 Å². The van der Waals surface area contributed by atoms with Crippen molar-refractivity contribution in [1.82, 2.24) is 4.90 Å². The molecule has 3 rings (SSSR count). The quantitative estimate of drug-likeness (QED) is 0.856. The minimum atomic E-state index is -0.515. The van der Waals surface area contributed by atoms with Crippen LogP contribution in [0.4, 0.5) is 4.79 Å². The first kappa shape index (κ1) is 15.6. The molecule has 2 heterocycles. The Hall–Kier alpha value is -2.24. The maximum atomic E-state index is 12.3. The van der Waals surface area contributed by atoms with Crippen LogP contribution in [-0.2, 0) is 16.0 Å². The summed E-state index contributed by atoms with van der Waals surface area (Å²) < 4.78 is 15.9. The molecule has 2 aliphatic heterocycles. The topological polar surface area (TPSA) is 65.1 Å². The van der Waals surface area contributed by atoms with Crippen LogP contribution in [0.5, 0.6) is 11.5 Å². The molecule has 0 atom stereocenters. The van der Waals surface area contributed by atoms with E-state index in [1.54, 1.807) is 4.90 Å². The van der Waals surface area contributed by atoms with Crippen LogP contribution in [0.25, 0.3) is 0 Å². The number of nitrogens with zero attached hydrogens (tertiary/aromatic N) is 1. The number of benzene rings is 1. The maximum absolute atomic E-state index is 12.3. The molecular formula is C17H21NO5. The Bertz CT molecular complexity index is 628. The molecule has 0 saturated carbocycles. The summed E-state index contributed by atoms with van der Waals surface area (Å²) in [5.41, 5.74) is 0.383. The smallest absolute Gasteiger partial charge is 0.410 e. The predicted molar refractivity (Wildman–Crippen MR) is 82.6 cm³/mol. The predicted octanol–water partition coefficient (Wildman–Crippen LogP) is 2.39. The van der Waals surface area contributed by atoms with E-state index in [2.05, 4.69) is 0 Å². The molecule has 0 aromatic heterocycles. The third-order valence-electron chi connectivity index (χ3n) is 3.80. The SMILES string of the molecule is CC(C)(C)OC(=O)N1CC(C(=O)Cc2ccc3c(c2)OCO3)C1. The van der Waals surface area contributed by atoms with Gasteiger partial charge in [-0.2, -0.15) is 0 Å². The van der Waals surface area contributed by atoms with Gasteiger partial charge in [-0.3, -0.25) is 4.79 Å². The van der Waals surface area contributed by atoms with E-state index in [4.69, 9.17) is 14.2 Å². The number of likely N-dealkylation sites (tertiary alicyclic amines) is 1. The van der Waals surface area contributed by atoms with Crippen LogP contribution < -0.4 is 9.47 Å². The molecule has 6 nitrogen and oxygen atoms in total. The van der Waals surface area contributed by atoms with Crippen LogP contribution in [0.2, 0.25) is 0 Å².